The Labute approximate surface area is 187 Å². The maximum Gasteiger partial charge on any atom is 0.331 e. The fourth-order valence-corrected chi connectivity index (χ4v) is 3.69. The Kier molecular flexibility index (Phi) is 6.83. The Morgan fingerprint density at radius 2 is 1.09 bits per heavy atom. The summed E-state index contributed by atoms with van der Waals surface area (Å²) in [5.74, 6) is -0.935. The molecular formula is C26H26O6. The van der Waals surface area contributed by atoms with Crippen LogP contribution in [0.15, 0.2) is 60.7 Å². The molecule has 0 radical (unpaired) electrons. The molecular weight excluding hydrogens is 408 g/mol. The number of esters is 2. The van der Waals surface area contributed by atoms with E-state index in [2.05, 4.69) is 0 Å². The van der Waals surface area contributed by atoms with Gasteiger partial charge in [0, 0.05) is 12.2 Å². The van der Waals surface area contributed by atoms with E-state index in [4.69, 9.17) is 18.9 Å². The standard InChI is InChI=1S/C26H26O6/c1-17-3-7-19(8-4-17)11-13-23(27)31-21-15-29-26-22(16-30-25(21)26)32-24(28)14-12-20-9-5-18(2)6-10-20/h3-14,21-22,25-26H,15-16H2,1-2H3/b13-11-,14-12-/t21-,22?,25?,26?/m1/s1. The van der Waals surface area contributed by atoms with E-state index in [-0.39, 0.29) is 13.2 Å². The van der Waals surface area contributed by atoms with Gasteiger partial charge in [0.2, 0.25) is 0 Å². The van der Waals surface area contributed by atoms with Gasteiger partial charge in [0.15, 0.2) is 12.2 Å². The van der Waals surface area contributed by atoms with Crippen molar-refractivity contribution in [2.24, 2.45) is 0 Å². The summed E-state index contributed by atoms with van der Waals surface area (Å²) in [5, 5.41) is 0. The second kappa shape index (κ2) is 9.94. The highest BCUT2D eigenvalue weighted by Gasteiger charge is 2.50. The van der Waals surface area contributed by atoms with Crippen LogP contribution in [-0.2, 0) is 28.5 Å². The van der Waals surface area contributed by atoms with Gasteiger partial charge in [-0.2, -0.15) is 0 Å². The molecule has 0 spiro atoms. The molecule has 4 atom stereocenters. The van der Waals surface area contributed by atoms with E-state index in [1.807, 2.05) is 62.4 Å². The van der Waals surface area contributed by atoms with Crippen molar-refractivity contribution in [2.45, 2.75) is 38.3 Å². The lowest BCUT2D eigenvalue weighted by atomic mass is 10.1. The van der Waals surface area contributed by atoms with Crippen molar-refractivity contribution in [2.75, 3.05) is 13.2 Å². The van der Waals surface area contributed by atoms with Gasteiger partial charge in [0.25, 0.3) is 0 Å². The van der Waals surface area contributed by atoms with Crippen LogP contribution in [0.4, 0.5) is 0 Å². The fraction of sp³-hybridized carbons (Fsp3) is 0.308. The van der Waals surface area contributed by atoms with Crippen LogP contribution in [-0.4, -0.2) is 49.6 Å². The predicted molar refractivity (Wildman–Crippen MR) is 120 cm³/mol. The fourth-order valence-electron chi connectivity index (χ4n) is 3.69. The van der Waals surface area contributed by atoms with Gasteiger partial charge in [0.1, 0.15) is 12.2 Å². The first-order valence-electron chi connectivity index (χ1n) is 10.6. The SMILES string of the molecule is Cc1ccc(/C=C\C(=O)OC2COC3C2OC[C@H]3OC(=O)/C=C\c2ccc(C)cc2)cc1. The first kappa shape index (κ1) is 22.0. The number of carbonyl (C=O) groups excluding carboxylic acids is 2. The van der Waals surface area contributed by atoms with Gasteiger partial charge in [0.05, 0.1) is 13.2 Å². The molecule has 2 aliphatic heterocycles. The summed E-state index contributed by atoms with van der Waals surface area (Å²) < 4.78 is 22.5. The highest BCUT2D eigenvalue weighted by Crippen LogP contribution is 2.30. The van der Waals surface area contributed by atoms with Crippen molar-refractivity contribution in [1.82, 2.24) is 0 Å². The van der Waals surface area contributed by atoms with Crippen LogP contribution in [0.1, 0.15) is 22.3 Å². The van der Waals surface area contributed by atoms with E-state index in [9.17, 15) is 9.59 Å². The van der Waals surface area contributed by atoms with Crippen LogP contribution in [0.5, 0.6) is 0 Å². The van der Waals surface area contributed by atoms with Crippen molar-refractivity contribution in [3.63, 3.8) is 0 Å². The summed E-state index contributed by atoms with van der Waals surface area (Å²) >= 11 is 0. The van der Waals surface area contributed by atoms with Crippen molar-refractivity contribution >= 4 is 24.1 Å². The highest BCUT2D eigenvalue weighted by molar-refractivity contribution is 5.87. The van der Waals surface area contributed by atoms with E-state index in [0.717, 1.165) is 22.3 Å². The molecule has 2 fully saturated rings. The number of carbonyl (C=O) groups is 2. The van der Waals surface area contributed by atoms with Crippen molar-refractivity contribution < 1.29 is 28.5 Å². The van der Waals surface area contributed by atoms with Crippen LogP contribution in [0, 0.1) is 13.8 Å². The van der Waals surface area contributed by atoms with Crippen molar-refractivity contribution in [3.8, 4) is 0 Å². The zero-order valence-electron chi connectivity index (χ0n) is 18.1. The minimum absolute atomic E-state index is 0.201. The maximum atomic E-state index is 12.2. The molecule has 4 rings (SSSR count). The quantitative estimate of drug-likeness (QED) is 0.511. The summed E-state index contributed by atoms with van der Waals surface area (Å²) in [6.07, 6.45) is 4.20. The monoisotopic (exact) mass is 434 g/mol. The van der Waals surface area contributed by atoms with E-state index < -0.39 is 36.4 Å². The van der Waals surface area contributed by atoms with Crippen molar-refractivity contribution in [1.29, 1.82) is 0 Å². The van der Waals surface area contributed by atoms with E-state index in [0.29, 0.717) is 0 Å². The molecule has 2 aromatic carbocycles. The molecule has 2 saturated heterocycles. The topological polar surface area (TPSA) is 71.1 Å². The highest BCUT2D eigenvalue weighted by atomic mass is 16.7. The van der Waals surface area contributed by atoms with Gasteiger partial charge >= 0.3 is 11.9 Å². The first-order valence-corrected chi connectivity index (χ1v) is 10.6. The number of ether oxygens (including phenoxy) is 4. The molecule has 6 heteroatoms. The normalized spacial score (nSPS) is 24.7. The Morgan fingerprint density at radius 3 is 1.47 bits per heavy atom. The number of fused-ring (bicyclic) bond motifs is 1. The van der Waals surface area contributed by atoms with E-state index in [1.165, 1.54) is 12.2 Å². The second-order valence-corrected chi connectivity index (χ2v) is 8.03. The van der Waals surface area contributed by atoms with Crippen LogP contribution in [0.2, 0.25) is 0 Å². The molecule has 0 saturated carbocycles. The van der Waals surface area contributed by atoms with Gasteiger partial charge < -0.3 is 18.9 Å². The number of benzene rings is 2. The second-order valence-electron chi connectivity index (χ2n) is 8.03. The minimum atomic E-state index is -0.540. The Balaban J connectivity index is 1.27. The molecule has 2 aromatic rings. The summed E-state index contributed by atoms with van der Waals surface area (Å²) in [6, 6.07) is 15.6. The van der Waals surface area contributed by atoms with Gasteiger partial charge in [-0.15, -0.1) is 0 Å². The lowest BCUT2D eigenvalue weighted by Crippen LogP contribution is -2.35. The van der Waals surface area contributed by atoms with Gasteiger partial charge in [-0.3, -0.25) is 0 Å². The Bertz CT molecular complexity index is 922. The molecule has 0 bridgehead atoms. The third-order valence-electron chi connectivity index (χ3n) is 5.48. The lowest BCUT2D eigenvalue weighted by molar-refractivity contribution is -0.149. The van der Waals surface area contributed by atoms with Gasteiger partial charge in [-0.05, 0) is 37.1 Å². The molecule has 32 heavy (non-hydrogen) atoms. The average molecular weight is 434 g/mol. The molecule has 6 nitrogen and oxygen atoms in total. The summed E-state index contributed by atoms with van der Waals surface area (Å²) in [5.41, 5.74) is 4.13. The molecule has 2 heterocycles. The van der Waals surface area contributed by atoms with Gasteiger partial charge in [-0.1, -0.05) is 59.7 Å². The third-order valence-corrected chi connectivity index (χ3v) is 5.48. The average Bonchev–Trinajstić information content (AvgIpc) is 3.36. The zero-order chi connectivity index (χ0) is 22.5. The number of rotatable bonds is 6. The maximum absolute atomic E-state index is 12.2. The molecule has 0 amide bonds. The third kappa shape index (κ3) is 5.52. The molecule has 2 aliphatic rings. The molecule has 3 unspecified atom stereocenters. The Morgan fingerprint density at radius 1 is 0.719 bits per heavy atom. The zero-order valence-corrected chi connectivity index (χ0v) is 18.1. The van der Waals surface area contributed by atoms with Crippen molar-refractivity contribution in [3.05, 3.63) is 82.9 Å². The summed E-state index contributed by atoms with van der Waals surface area (Å²) in [4.78, 5) is 24.4. The Hall–Kier alpha value is -3.22. The minimum Gasteiger partial charge on any atom is -0.454 e. The van der Waals surface area contributed by atoms with Gasteiger partial charge in [-0.25, -0.2) is 9.59 Å². The molecule has 0 N–H and O–H groups in total. The molecule has 166 valence electrons. The number of aryl methyl sites for hydroxylation is 2. The van der Waals surface area contributed by atoms with Crippen LogP contribution < -0.4 is 0 Å². The molecule has 0 aromatic heterocycles. The largest absolute Gasteiger partial charge is 0.454 e. The summed E-state index contributed by atoms with van der Waals surface area (Å²) in [6.45, 7) is 4.41. The number of hydrogen-bond donors (Lipinski definition) is 0. The first-order chi connectivity index (χ1) is 15.5. The lowest BCUT2D eigenvalue weighted by Gasteiger charge is -2.16. The summed E-state index contributed by atoms with van der Waals surface area (Å²) in [7, 11) is 0. The van der Waals surface area contributed by atoms with E-state index in [1.54, 1.807) is 12.2 Å². The van der Waals surface area contributed by atoms with Crippen LogP contribution >= 0.6 is 0 Å². The van der Waals surface area contributed by atoms with E-state index >= 15 is 0 Å². The predicted octanol–water partition coefficient (Wildman–Crippen LogP) is 3.65. The van der Waals surface area contributed by atoms with Crippen LogP contribution in [0.3, 0.4) is 0 Å². The molecule has 0 aliphatic carbocycles. The van der Waals surface area contributed by atoms with Crippen LogP contribution in [0.25, 0.3) is 12.2 Å². The smallest absolute Gasteiger partial charge is 0.331 e. The number of hydrogen-bond acceptors (Lipinski definition) is 6.